The zero-order valence-corrected chi connectivity index (χ0v) is 13.7. The molecule has 0 spiro atoms. The Morgan fingerprint density at radius 3 is 2.92 bits per heavy atom. The number of rotatable bonds is 6. The molecule has 24 heavy (non-hydrogen) atoms. The number of hydrogen-bond donors (Lipinski definition) is 2. The van der Waals surface area contributed by atoms with E-state index < -0.39 is 6.04 Å². The van der Waals surface area contributed by atoms with Crippen molar-refractivity contribution < 1.29 is 9.53 Å². The zero-order chi connectivity index (χ0) is 16.8. The van der Waals surface area contributed by atoms with Crippen LogP contribution in [0, 0.1) is 5.92 Å². The Morgan fingerprint density at radius 1 is 1.38 bits per heavy atom. The molecule has 2 aromatic rings. The maximum Gasteiger partial charge on any atom is 0.237 e. The van der Waals surface area contributed by atoms with Crippen LogP contribution in [-0.2, 0) is 22.6 Å². The second-order valence-corrected chi connectivity index (χ2v) is 6.25. The highest BCUT2D eigenvalue weighted by atomic mass is 16.5. The van der Waals surface area contributed by atoms with Gasteiger partial charge in [0.1, 0.15) is 0 Å². The molecule has 0 radical (unpaired) electrons. The molecule has 1 atom stereocenters. The molecule has 0 saturated carbocycles. The van der Waals surface area contributed by atoms with Crippen LogP contribution in [0.15, 0.2) is 43.0 Å². The van der Waals surface area contributed by atoms with Gasteiger partial charge in [-0.05, 0) is 29.9 Å². The molecule has 1 aromatic carbocycles. The third-order valence-electron chi connectivity index (χ3n) is 4.46. The van der Waals surface area contributed by atoms with E-state index in [1.807, 2.05) is 22.9 Å². The molecule has 6 nitrogen and oxygen atoms in total. The lowest BCUT2D eigenvalue weighted by molar-refractivity contribution is -0.124. The second kappa shape index (κ2) is 8.08. The summed E-state index contributed by atoms with van der Waals surface area (Å²) in [5, 5.41) is 2.96. The number of carbonyl (C=O) groups excluding carboxylic acids is 1. The summed E-state index contributed by atoms with van der Waals surface area (Å²) in [4.78, 5) is 16.3. The molecule has 1 aliphatic heterocycles. The fraction of sp³-hybridized carbons (Fsp3) is 0.444. The van der Waals surface area contributed by atoms with E-state index in [1.54, 1.807) is 12.5 Å². The summed E-state index contributed by atoms with van der Waals surface area (Å²) in [5.74, 6) is 0.133. The van der Waals surface area contributed by atoms with Crippen LogP contribution in [0.25, 0.3) is 0 Å². The van der Waals surface area contributed by atoms with Gasteiger partial charge in [0, 0.05) is 38.7 Å². The van der Waals surface area contributed by atoms with Gasteiger partial charge in [-0.2, -0.15) is 0 Å². The Morgan fingerprint density at radius 2 is 2.17 bits per heavy atom. The van der Waals surface area contributed by atoms with Gasteiger partial charge in [-0.3, -0.25) is 4.79 Å². The van der Waals surface area contributed by atoms with Crippen molar-refractivity contribution in [3.05, 3.63) is 54.1 Å². The van der Waals surface area contributed by atoms with E-state index in [2.05, 4.69) is 22.4 Å². The summed E-state index contributed by atoms with van der Waals surface area (Å²) in [6.07, 6.45) is 7.20. The molecule has 1 unspecified atom stereocenters. The third kappa shape index (κ3) is 4.43. The van der Waals surface area contributed by atoms with E-state index in [-0.39, 0.29) is 11.8 Å². The van der Waals surface area contributed by atoms with Crippen molar-refractivity contribution in [1.29, 1.82) is 0 Å². The number of benzene rings is 1. The fourth-order valence-electron chi connectivity index (χ4n) is 3.03. The molecule has 1 amide bonds. The molecule has 1 fully saturated rings. The first-order valence-electron chi connectivity index (χ1n) is 8.37. The van der Waals surface area contributed by atoms with Crippen LogP contribution in [0.2, 0.25) is 0 Å². The van der Waals surface area contributed by atoms with Crippen LogP contribution >= 0.6 is 0 Å². The topological polar surface area (TPSA) is 82.2 Å². The highest BCUT2D eigenvalue weighted by molar-refractivity contribution is 5.81. The Labute approximate surface area is 142 Å². The predicted octanol–water partition coefficient (Wildman–Crippen LogP) is 1.30. The Kier molecular flexibility index (Phi) is 5.61. The zero-order valence-electron chi connectivity index (χ0n) is 13.7. The predicted molar refractivity (Wildman–Crippen MR) is 91.1 cm³/mol. The van der Waals surface area contributed by atoms with Gasteiger partial charge < -0.3 is 20.4 Å². The number of imidazole rings is 1. The van der Waals surface area contributed by atoms with Crippen LogP contribution < -0.4 is 11.1 Å². The van der Waals surface area contributed by atoms with Crippen molar-refractivity contribution in [3.63, 3.8) is 0 Å². The number of nitrogens with zero attached hydrogens (tertiary/aromatic N) is 2. The molecule has 3 N–H and O–H groups in total. The number of nitrogens with two attached hydrogens (primary N) is 1. The summed E-state index contributed by atoms with van der Waals surface area (Å²) in [6.45, 7) is 2.65. The highest BCUT2D eigenvalue weighted by Crippen LogP contribution is 2.17. The van der Waals surface area contributed by atoms with Crippen LogP contribution in [-0.4, -0.2) is 34.7 Å². The van der Waals surface area contributed by atoms with Crippen molar-refractivity contribution in [1.82, 2.24) is 14.9 Å². The van der Waals surface area contributed by atoms with Crippen molar-refractivity contribution in [3.8, 4) is 0 Å². The van der Waals surface area contributed by atoms with Gasteiger partial charge in [-0.1, -0.05) is 24.3 Å². The fourth-order valence-corrected chi connectivity index (χ4v) is 3.03. The van der Waals surface area contributed by atoms with Crippen molar-refractivity contribution >= 4 is 5.91 Å². The van der Waals surface area contributed by atoms with Crippen LogP contribution in [0.3, 0.4) is 0 Å². The summed E-state index contributed by atoms with van der Waals surface area (Å²) in [7, 11) is 0. The lowest BCUT2D eigenvalue weighted by atomic mass is 9.92. The number of carbonyl (C=O) groups is 1. The minimum absolute atomic E-state index is 0.0816. The van der Waals surface area contributed by atoms with E-state index in [0.717, 1.165) is 24.9 Å². The van der Waals surface area contributed by atoms with E-state index >= 15 is 0 Å². The average molecular weight is 328 g/mol. The van der Waals surface area contributed by atoms with Gasteiger partial charge in [-0.25, -0.2) is 4.98 Å². The van der Waals surface area contributed by atoms with Crippen molar-refractivity contribution in [2.24, 2.45) is 11.7 Å². The first kappa shape index (κ1) is 16.7. The summed E-state index contributed by atoms with van der Waals surface area (Å²) >= 11 is 0. The number of ether oxygens (including phenoxy) is 1. The Balaban J connectivity index is 1.53. The maximum atomic E-state index is 12.3. The minimum atomic E-state index is -0.456. The molecule has 6 heteroatoms. The first-order valence-corrected chi connectivity index (χ1v) is 8.37. The lowest BCUT2D eigenvalue weighted by Crippen LogP contribution is -2.46. The second-order valence-electron chi connectivity index (χ2n) is 6.25. The standard InChI is InChI=1S/C18H24N4O2/c19-17(16-4-8-24-9-5-16)18(23)21-11-14-2-1-3-15(10-14)12-22-7-6-20-13-22/h1-3,6-7,10,13,16-17H,4-5,8-9,11-12,19H2,(H,21,23). The van der Waals surface area contributed by atoms with Crippen LogP contribution in [0.1, 0.15) is 24.0 Å². The Bertz CT molecular complexity index is 651. The molecule has 128 valence electrons. The molecule has 0 aliphatic carbocycles. The van der Waals surface area contributed by atoms with E-state index in [0.29, 0.717) is 19.8 Å². The SMILES string of the molecule is NC(C(=O)NCc1cccc(Cn2ccnc2)c1)C1CCOCC1. The summed E-state index contributed by atoms with van der Waals surface area (Å²) < 4.78 is 7.33. The normalized spacial score (nSPS) is 16.7. The van der Waals surface area contributed by atoms with Gasteiger partial charge in [0.05, 0.1) is 12.4 Å². The molecule has 2 heterocycles. The summed E-state index contributed by atoms with van der Waals surface area (Å²) in [5.41, 5.74) is 8.34. The van der Waals surface area contributed by atoms with E-state index in [1.165, 1.54) is 5.56 Å². The molecular weight excluding hydrogens is 304 g/mol. The molecule has 0 bridgehead atoms. The highest BCUT2D eigenvalue weighted by Gasteiger charge is 2.26. The van der Waals surface area contributed by atoms with Gasteiger partial charge >= 0.3 is 0 Å². The third-order valence-corrected chi connectivity index (χ3v) is 4.46. The minimum Gasteiger partial charge on any atom is -0.381 e. The molecular formula is C18H24N4O2. The molecule has 1 aromatic heterocycles. The maximum absolute atomic E-state index is 12.3. The molecule has 1 aliphatic rings. The van der Waals surface area contributed by atoms with Crippen LogP contribution in [0.4, 0.5) is 0 Å². The lowest BCUT2D eigenvalue weighted by Gasteiger charge is -2.26. The number of aromatic nitrogens is 2. The monoisotopic (exact) mass is 328 g/mol. The van der Waals surface area contributed by atoms with Gasteiger partial charge in [0.25, 0.3) is 0 Å². The number of nitrogens with one attached hydrogen (secondary N) is 1. The quantitative estimate of drug-likeness (QED) is 0.837. The van der Waals surface area contributed by atoms with Gasteiger partial charge in [-0.15, -0.1) is 0 Å². The number of hydrogen-bond acceptors (Lipinski definition) is 4. The number of amides is 1. The first-order chi connectivity index (χ1) is 11.7. The smallest absolute Gasteiger partial charge is 0.237 e. The van der Waals surface area contributed by atoms with Crippen molar-refractivity contribution in [2.45, 2.75) is 32.0 Å². The summed E-state index contributed by atoms with van der Waals surface area (Å²) in [6, 6.07) is 7.73. The van der Waals surface area contributed by atoms with Gasteiger partial charge in [0.2, 0.25) is 5.91 Å². The van der Waals surface area contributed by atoms with Crippen LogP contribution in [0.5, 0.6) is 0 Å². The molecule has 1 saturated heterocycles. The Hall–Kier alpha value is -2.18. The van der Waals surface area contributed by atoms with E-state index in [9.17, 15) is 4.79 Å². The van der Waals surface area contributed by atoms with E-state index in [4.69, 9.17) is 10.5 Å². The largest absolute Gasteiger partial charge is 0.381 e. The molecule has 3 rings (SSSR count). The van der Waals surface area contributed by atoms with Gasteiger partial charge in [0.15, 0.2) is 0 Å². The average Bonchev–Trinajstić information content (AvgIpc) is 3.13. The van der Waals surface area contributed by atoms with Crippen molar-refractivity contribution in [2.75, 3.05) is 13.2 Å².